The van der Waals surface area contributed by atoms with Crippen LogP contribution < -0.4 is 10.6 Å². The largest absolute Gasteiger partial charge is 0.326 e. The smallest absolute Gasteiger partial charge is 0.238 e. The summed E-state index contributed by atoms with van der Waals surface area (Å²) in [6.07, 6.45) is 0. The van der Waals surface area contributed by atoms with Crippen molar-refractivity contribution in [2.24, 2.45) is 5.92 Å². The van der Waals surface area contributed by atoms with E-state index in [4.69, 9.17) is 0 Å². The summed E-state index contributed by atoms with van der Waals surface area (Å²) in [4.78, 5) is 25.0. The number of hydrogen-bond donors (Lipinski definition) is 2. The lowest BCUT2D eigenvalue weighted by molar-refractivity contribution is -0.120. The summed E-state index contributed by atoms with van der Waals surface area (Å²) in [6.45, 7) is 7.21. The number of benzene rings is 1. The van der Waals surface area contributed by atoms with Crippen molar-refractivity contribution >= 4 is 23.2 Å². The van der Waals surface area contributed by atoms with Gasteiger partial charge in [0.2, 0.25) is 11.8 Å². The highest BCUT2D eigenvalue weighted by Gasteiger charge is 2.32. The number of rotatable bonds is 4. The van der Waals surface area contributed by atoms with E-state index in [0.717, 1.165) is 17.9 Å². The van der Waals surface area contributed by atoms with E-state index in [9.17, 15) is 9.59 Å². The Kier molecular flexibility index (Phi) is 4.39. The first-order valence-electron chi connectivity index (χ1n) is 6.87. The number of nitrogens with one attached hydrogen (secondary N) is 2. The molecule has 0 bridgehead atoms. The van der Waals surface area contributed by atoms with Crippen molar-refractivity contribution in [2.75, 3.05) is 23.7 Å². The fraction of sp³-hybridized carbons (Fsp3) is 0.467. The third-order valence-electron chi connectivity index (χ3n) is 3.76. The molecule has 1 aromatic rings. The van der Waals surface area contributed by atoms with Gasteiger partial charge in [0.05, 0.1) is 6.54 Å². The maximum absolute atomic E-state index is 11.9. The Bertz CT molecular complexity index is 498. The molecule has 1 aliphatic heterocycles. The Morgan fingerprint density at radius 3 is 2.15 bits per heavy atom. The van der Waals surface area contributed by atoms with Crippen LogP contribution in [-0.2, 0) is 9.59 Å². The van der Waals surface area contributed by atoms with Gasteiger partial charge in [0.25, 0.3) is 0 Å². The third kappa shape index (κ3) is 3.57. The molecule has 0 aliphatic carbocycles. The van der Waals surface area contributed by atoms with E-state index in [1.807, 2.05) is 0 Å². The lowest BCUT2D eigenvalue weighted by Crippen LogP contribution is -2.55. The third-order valence-corrected chi connectivity index (χ3v) is 3.76. The number of carbonyl (C=O) groups excluding carboxylic acids is 2. The second kappa shape index (κ2) is 6.05. The number of amides is 2. The predicted octanol–water partition coefficient (Wildman–Crippen LogP) is 1.92. The molecule has 2 atom stereocenters. The Hall–Kier alpha value is -1.88. The van der Waals surface area contributed by atoms with Gasteiger partial charge in [0.15, 0.2) is 0 Å². The fourth-order valence-corrected chi connectivity index (χ4v) is 2.34. The van der Waals surface area contributed by atoms with Crippen LogP contribution in [0.4, 0.5) is 11.4 Å². The van der Waals surface area contributed by atoms with Crippen LogP contribution in [0.1, 0.15) is 20.8 Å². The Morgan fingerprint density at radius 1 is 1.15 bits per heavy atom. The molecule has 1 fully saturated rings. The highest BCUT2D eigenvalue weighted by Crippen LogP contribution is 2.23. The van der Waals surface area contributed by atoms with E-state index in [0.29, 0.717) is 18.5 Å². The van der Waals surface area contributed by atoms with Crippen molar-refractivity contribution in [3.8, 4) is 0 Å². The topological polar surface area (TPSA) is 61.4 Å². The van der Waals surface area contributed by atoms with Crippen LogP contribution in [0.5, 0.6) is 0 Å². The SMILES string of the molecule is CC(=O)Nc1ccc(NC(=O)CN2C[C@@H](C)[C@H]2C)cc1. The van der Waals surface area contributed by atoms with Crippen LogP contribution in [0, 0.1) is 5.92 Å². The molecule has 108 valence electrons. The van der Waals surface area contributed by atoms with Gasteiger partial charge in [-0.3, -0.25) is 14.5 Å². The molecule has 1 aliphatic rings. The van der Waals surface area contributed by atoms with E-state index < -0.39 is 0 Å². The molecule has 0 aromatic heterocycles. The molecule has 1 saturated heterocycles. The van der Waals surface area contributed by atoms with Gasteiger partial charge in [-0.2, -0.15) is 0 Å². The summed E-state index contributed by atoms with van der Waals surface area (Å²) >= 11 is 0. The van der Waals surface area contributed by atoms with Gasteiger partial charge in [-0.1, -0.05) is 6.92 Å². The van der Waals surface area contributed by atoms with E-state index in [1.54, 1.807) is 24.3 Å². The molecule has 1 heterocycles. The van der Waals surface area contributed by atoms with Gasteiger partial charge in [-0.15, -0.1) is 0 Å². The molecule has 5 heteroatoms. The summed E-state index contributed by atoms with van der Waals surface area (Å²) in [5, 5.41) is 5.55. The molecular formula is C15H21N3O2. The average Bonchev–Trinajstić information content (AvgIpc) is 2.40. The lowest BCUT2D eigenvalue weighted by atomic mass is 9.92. The van der Waals surface area contributed by atoms with Crippen molar-refractivity contribution in [1.29, 1.82) is 0 Å². The van der Waals surface area contributed by atoms with Gasteiger partial charge >= 0.3 is 0 Å². The Labute approximate surface area is 119 Å². The molecule has 0 radical (unpaired) electrons. The molecule has 2 rings (SSSR count). The molecule has 5 nitrogen and oxygen atoms in total. The molecule has 0 unspecified atom stereocenters. The van der Waals surface area contributed by atoms with Gasteiger partial charge in [0, 0.05) is 30.9 Å². The van der Waals surface area contributed by atoms with Crippen LogP contribution in [0.25, 0.3) is 0 Å². The Balaban J connectivity index is 1.83. The molecule has 20 heavy (non-hydrogen) atoms. The van der Waals surface area contributed by atoms with Crippen LogP contribution in [-0.4, -0.2) is 35.8 Å². The van der Waals surface area contributed by atoms with E-state index in [1.165, 1.54) is 6.92 Å². The van der Waals surface area contributed by atoms with Crippen molar-refractivity contribution < 1.29 is 9.59 Å². The van der Waals surface area contributed by atoms with Crippen LogP contribution >= 0.6 is 0 Å². The summed E-state index contributed by atoms with van der Waals surface area (Å²) in [5.41, 5.74) is 1.46. The Morgan fingerprint density at radius 2 is 1.70 bits per heavy atom. The maximum atomic E-state index is 11.9. The summed E-state index contributed by atoms with van der Waals surface area (Å²) in [6, 6.07) is 7.58. The minimum absolute atomic E-state index is 0.00368. The minimum atomic E-state index is -0.109. The van der Waals surface area contributed by atoms with E-state index >= 15 is 0 Å². The first-order chi connectivity index (χ1) is 9.45. The van der Waals surface area contributed by atoms with E-state index in [2.05, 4.69) is 29.4 Å². The van der Waals surface area contributed by atoms with E-state index in [-0.39, 0.29) is 11.8 Å². The molecule has 2 amide bonds. The summed E-state index contributed by atoms with van der Waals surface area (Å²) in [7, 11) is 0. The van der Waals surface area contributed by atoms with Crippen LogP contribution in [0.3, 0.4) is 0 Å². The zero-order chi connectivity index (χ0) is 14.7. The van der Waals surface area contributed by atoms with Crippen molar-refractivity contribution in [3.05, 3.63) is 24.3 Å². The normalized spacial score (nSPS) is 21.9. The number of anilines is 2. The monoisotopic (exact) mass is 275 g/mol. The highest BCUT2D eigenvalue weighted by molar-refractivity contribution is 5.93. The number of carbonyl (C=O) groups is 2. The average molecular weight is 275 g/mol. The summed E-state index contributed by atoms with van der Waals surface area (Å²) < 4.78 is 0. The molecule has 0 saturated carbocycles. The molecule has 0 spiro atoms. The zero-order valence-electron chi connectivity index (χ0n) is 12.1. The van der Waals surface area contributed by atoms with Crippen LogP contribution in [0.15, 0.2) is 24.3 Å². The highest BCUT2D eigenvalue weighted by atomic mass is 16.2. The quantitative estimate of drug-likeness (QED) is 0.882. The predicted molar refractivity (Wildman–Crippen MR) is 79.6 cm³/mol. The standard InChI is InChI=1S/C15H21N3O2/c1-10-8-18(11(10)2)9-15(20)17-14-6-4-13(5-7-14)16-12(3)19/h4-7,10-11H,8-9H2,1-3H3,(H,16,19)(H,17,20)/t10-,11-/m1/s1. The second-order valence-corrected chi connectivity index (χ2v) is 5.45. The lowest BCUT2D eigenvalue weighted by Gasteiger charge is -2.44. The fourth-order valence-electron chi connectivity index (χ4n) is 2.34. The second-order valence-electron chi connectivity index (χ2n) is 5.45. The van der Waals surface area contributed by atoms with Crippen molar-refractivity contribution in [2.45, 2.75) is 26.8 Å². The maximum Gasteiger partial charge on any atom is 0.238 e. The van der Waals surface area contributed by atoms with Crippen molar-refractivity contribution in [3.63, 3.8) is 0 Å². The zero-order valence-corrected chi connectivity index (χ0v) is 12.1. The number of hydrogen-bond acceptors (Lipinski definition) is 3. The summed E-state index contributed by atoms with van der Waals surface area (Å²) in [5.74, 6) is 0.554. The van der Waals surface area contributed by atoms with Crippen molar-refractivity contribution in [1.82, 2.24) is 4.90 Å². The van der Waals surface area contributed by atoms with Gasteiger partial charge in [0.1, 0.15) is 0 Å². The van der Waals surface area contributed by atoms with Gasteiger partial charge in [-0.25, -0.2) is 0 Å². The van der Waals surface area contributed by atoms with Gasteiger partial charge < -0.3 is 10.6 Å². The first kappa shape index (κ1) is 14.5. The first-order valence-corrected chi connectivity index (χ1v) is 6.87. The molecule has 2 N–H and O–H groups in total. The number of likely N-dealkylation sites (tertiary alicyclic amines) is 1. The molecular weight excluding hydrogens is 254 g/mol. The minimum Gasteiger partial charge on any atom is -0.326 e. The molecule has 1 aromatic carbocycles. The number of nitrogens with zero attached hydrogens (tertiary/aromatic N) is 1. The van der Waals surface area contributed by atoms with Gasteiger partial charge in [-0.05, 0) is 37.1 Å². The van der Waals surface area contributed by atoms with Crippen LogP contribution in [0.2, 0.25) is 0 Å².